The molecular weight excluding hydrogens is 362 g/mol. The predicted octanol–water partition coefficient (Wildman–Crippen LogP) is 3.54. The second-order valence-corrected chi connectivity index (χ2v) is 7.91. The maximum Gasteiger partial charge on any atom is 0.269 e. The second kappa shape index (κ2) is 6.61. The normalized spacial score (nSPS) is 11.2. The lowest BCUT2D eigenvalue weighted by Gasteiger charge is -2.16. The predicted molar refractivity (Wildman–Crippen MR) is 96.2 cm³/mol. The van der Waals surface area contributed by atoms with Crippen LogP contribution in [0.15, 0.2) is 64.9 Å². The molecule has 3 aromatic rings. The smallest absolute Gasteiger partial charge is 0.258 e. The number of hydrogen-bond acceptors (Lipinski definition) is 6. The van der Waals surface area contributed by atoms with Crippen molar-refractivity contribution in [3.63, 3.8) is 0 Å². The molecule has 0 fully saturated rings. The van der Waals surface area contributed by atoms with Gasteiger partial charge in [-0.25, -0.2) is 17.7 Å². The number of benzene rings is 2. The minimum atomic E-state index is -3.69. The molecule has 25 heavy (non-hydrogen) atoms. The Bertz CT molecular complexity index is 999. The molecule has 0 saturated carbocycles. The van der Waals surface area contributed by atoms with Gasteiger partial charge in [0.1, 0.15) is 0 Å². The summed E-state index contributed by atoms with van der Waals surface area (Å²) in [6.07, 6.45) is 0. The largest absolute Gasteiger partial charge is 0.269 e. The SMILES string of the molecule is CN(c1nc(-c2ccc([N+](=O)[O-])cc2)cs1)S(=O)(=O)c1ccccc1. The standard InChI is InChI=1S/C16H13N3O4S2/c1-18(25(22,23)14-5-3-2-4-6-14)16-17-15(11-24-16)12-7-9-13(10-8-12)19(20)21/h2-11H,1H3. The van der Waals surface area contributed by atoms with Gasteiger partial charge in [-0.1, -0.05) is 18.2 Å². The third-order valence-electron chi connectivity index (χ3n) is 3.54. The number of anilines is 1. The molecule has 0 bridgehead atoms. The number of non-ortho nitro benzene ring substituents is 1. The van der Waals surface area contributed by atoms with E-state index < -0.39 is 14.9 Å². The number of thiazole rings is 1. The molecule has 0 aliphatic heterocycles. The maximum atomic E-state index is 12.6. The lowest BCUT2D eigenvalue weighted by atomic mass is 10.1. The van der Waals surface area contributed by atoms with Crippen molar-refractivity contribution >= 4 is 32.2 Å². The van der Waals surface area contributed by atoms with Crippen molar-refractivity contribution in [2.45, 2.75) is 4.90 Å². The van der Waals surface area contributed by atoms with Gasteiger partial charge in [0.2, 0.25) is 0 Å². The molecule has 0 N–H and O–H groups in total. The molecule has 7 nitrogen and oxygen atoms in total. The average Bonchev–Trinajstić information content (AvgIpc) is 3.11. The monoisotopic (exact) mass is 375 g/mol. The number of nitro groups is 1. The van der Waals surface area contributed by atoms with E-state index in [1.807, 2.05) is 0 Å². The van der Waals surface area contributed by atoms with Crippen LogP contribution >= 0.6 is 11.3 Å². The molecule has 2 aromatic carbocycles. The van der Waals surface area contributed by atoms with Gasteiger partial charge in [0.05, 0.1) is 15.5 Å². The first-order chi connectivity index (χ1) is 11.9. The molecule has 1 aromatic heterocycles. The summed E-state index contributed by atoms with van der Waals surface area (Å²) in [6.45, 7) is 0. The molecule has 0 radical (unpaired) electrons. The highest BCUT2D eigenvalue weighted by Gasteiger charge is 2.23. The van der Waals surface area contributed by atoms with E-state index in [0.717, 1.165) is 4.31 Å². The second-order valence-electron chi connectivity index (χ2n) is 5.10. The maximum absolute atomic E-state index is 12.6. The van der Waals surface area contributed by atoms with E-state index in [9.17, 15) is 18.5 Å². The van der Waals surface area contributed by atoms with Crippen LogP contribution in [0.3, 0.4) is 0 Å². The van der Waals surface area contributed by atoms with Crippen molar-refractivity contribution in [1.82, 2.24) is 4.98 Å². The Hall–Kier alpha value is -2.78. The molecule has 3 rings (SSSR count). The first kappa shape index (κ1) is 17.1. The summed E-state index contributed by atoms with van der Waals surface area (Å²) >= 11 is 1.19. The molecule has 0 saturated heterocycles. The molecule has 0 atom stereocenters. The van der Waals surface area contributed by atoms with E-state index >= 15 is 0 Å². The van der Waals surface area contributed by atoms with Gasteiger partial charge in [-0.15, -0.1) is 11.3 Å². The highest BCUT2D eigenvalue weighted by atomic mass is 32.2. The summed E-state index contributed by atoms with van der Waals surface area (Å²) in [5.41, 5.74) is 1.23. The number of nitro benzene ring substituents is 1. The van der Waals surface area contributed by atoms with E-state index in [0.29, 0.717) is 16.4 Å². The van der Waals surface area contributed by atoms with Crippen LogP contribution in [0.25, 0.3) is 11.3 Å². The van der Waals surface area contributed by atoms with Crippen molar-refractivity contribution in [2.24, 2.45) is 0 Å². The third kappa shape index (κ3) is 3.37. The average molecular weight is 375 g/mol. The lowest BCUT2D eigenvalue weighted by Crippen LogP contribution is -2.26. The van der Waals surface area contributed by atoms with Gasteiger partial charge in [-0.2, -0.15) is 0 Å². The Labute approximate surface area is 148 Å². The Balaban J connectivity index is 1.89. The van der Waals surface area contributed by atoms with E-state index in [1.165, 1.54) is 42.6 Å². The van der Waals surface area contributed by atoms with E-state index in [2.05, 4.69) is 4.98 Å². The van der Waals surface area contributed by atoms with Gasteiger partial charge in [0, 0.05) is 30.1 Å². The summed E-state index contributed by atoms with van der Waals surface area (Å²) in [5, 5.41) is 12.7. The Morgan fingerprint density at radius 2 is 1.72 bits per heavy atom. The highest BCUT2D eigenvalue weighted by Crippen LogP contribution is 2.30. The van der Waals surface area contributed by atoms with Crippen LogP contribution in [0.1, 0.15) is 0 Å². The zero-order valence-corrected chi connectivity index (χ0v) is 14.7. The van der Waals surface area contributed by atoms with Gasteiger partial charge >= 0.3 is 0 Å². The summed E-state index contributed by atoms with van der Waals surface area (Å²) < 4.78 is 26.4. The van der Waals surface area contributed by atoms with Gasteiger partial charge in [-0.05, 0) is 24.3 Å². The van der Waals surface area contributed by atoms with Crippen LogP contribution in [0.4, 0.5) is 10.8 Å². The van der Waals surface area contributed by atoms with Crippen LogP contribution in [0.2, 0.25) is 0 Å². The van der Waals surface area contributed by atoms with Crippen molar-refractivity contribution in [3.05, 3.63) is 70.1 Å². The first-order valence-electron chi connectivity index (χ1n) is 7.14. The molecule has 0 spiro atoms. The molecule has 0 aliphatic rings. The molecule has 0 aliphatic carbocycles. The van der Waals surface area contributed by atoms with Gasteiger partial charge < -0.3 is 0 Å². The van der Waals surface area contributed by atoms with Crippen LogP contribution in [-0.2, 0) is 10.0 Å². The zero-order valence-electron chi connectivity index (χ0n) is 13.1. The van der Waals surface area contributed by atoms with E-state index in [1.54, 1.807) is 35.7 Å². The first-order valence-corrected chi connectivity index (χ1v) is 9.46. The Morgan fingerprint density at radius 1 is 1.08 bits per heavy atom. The van der Waals surface area contributed by atoms with Gasteiger partial charge in [0.25, 0.3) is 15.7 Å². The quantitative estimate of drug-likeness (QED) is 0.502. The van der Waals surface area contributed by atoms with E-state index in [4.69, 9.17) is 0 Å². The fourth-order valence-electron chi connectivity index (χ4n) is 2.15. The third-order valence-corrected chi connectivity index (χ3v) is 6.33. The fourth-order valence-corrected chi connectivity index (χ4v) is 4.34. The molecule has 128 valence electrons. The van der Waals surface area contributed by atoms with Crippen molar-refractivity contribution in [2.75, 3.05) is 11.4 Å². The topological polar surface area (TPSA) is 93.4 Å². The lowest BCUT2D eigenvalue weighted by molar-refractivity contribution is -0.384. The number of hydrogen-bond donors (Lipinski definition) is 0. The van der Waals surface area contributed by atoms with Crippen molar-refractivity contribution in [1.29, 1.82) is 0 Å². The van der Waals surface area contributed by atoms with Gasteiger partial charge in [-0.3, -0.25) is 10.1 Å². The van der Waals surface area contributed by atoms with Gasteiger partial charge in [0.15, 0.2) is 5.13 Å². The summed E-state index contributed by atoms with van der Waals surface area (Å²) in [6, 6.07) is 14.1. The van der Waals surface area contributed by atoms with Crippen LogP contribution in [-0.4, -0.2) is 25.4 Å². The minimum absolute atomic E-state index is 0.0111. The summed E-state index contributed by atoms with van der Waals surface area (Å²) in [4.78, 5) is 14.8. The van der Waals surface area contributed by atoms with Crippen molar-refractivity contribution in [3.8, 4) is 11.3 Å². The molecule has 0 amide bonds. The van der Waals surface area contributed by atoms with Crippen molar-refractivity contribution < 1.29 is 13.3 Å². The number of aromatic nitrogens is 1. The molecule has 0 unspecified atom stereocenters. The summed E-state index contributed by atoms with van der Waals surface area (Å²) in [7, 11) is -2.24. The molecule has 1 heterocycles. The number of nitrogens with zero attached hydrogens (tertiary/aromatic N) is 3. The fraction of sp³-hybridized carbons (Fsp3) is 0.0625. The molecular formula is C16H13N3O4S2. The number of rotatable bonds is 5. The Morgan fingerprint density at radius 3 is 2.32 bits per heavy atom. The minimum Gasteiger partial charge on any atom is -0.258 e. The summed E-state index contributed by atoms with van der Waals surface area (Å²) in [5.74, 6) is 0. The van der Waals surface area contributed by atoms with Crippen LogP contribution < -0.4 is 4.31 Å². The van der Waals surface area contributed by atoms with E-state index in [-0.39, 0.29) is 10.6 Å². The number of sulfonamides is 1. The van der Waals surface area contributed by atoms with Crippen LogP contribution in [0.5, 0.6) is 0 Å². The Kier molecular flexibility index (Phi) is 4.51. The zero-order chi connectivity index (χ0) is 18.0. The van der Waals surface area contributed by atoms with Crippen LogP contribution in [0, 0.1) is 10.1 Å². The molecule has 9 heteroatoms. The highest BCUT2D eigenvalue weighted by molar-refractivity contribution is 7.93.